The number of anilines is 2. The van der Waals surface area contributed by atoms with Gasteiger partial charge < -0.3 is 10.6 Å². The van der Waals surface area contributed by atoms with Crippen molar-refractivity contribution in [1.29, 1.82) is 0 Å². The molecule has 2 N–H and O–H groups in total. The predicted molar refractivity (Wildman–Crippen MR) is 122 cm³/mol. The quantitative estimate of drug-likeness (QED) is 0.448. The molecule has 0 spiro atoms. The topological polar surface area (TPSA) is 76.0 Å². The summed E-state index contributed by atoms with van der Waals surface area (Å²) in [6, 6.07) is 24.6. The number of hydrogen-bond donors (Lipinski definition) is 2. The molecule has 0 bridgehead atoms. The minimum absolute atomic E-state index is 0.210. The summed E-state index contributed by atoms with van der Waals surface area (Å²) < 4.78 is 1.63. The van der Waals surface area contributed by atoms with Crippen molar-refractivity contribution in [3.63, 3.8) is 0 Å². The number of rotatable bonds is 5. The number of nitrogens with zero attached hydrogens (tertiary/aromatic N) is 2. The molecule has 0 atom stereocenters. The molecule has 6 nitrogen and oxygen atoms in total. The van der Waals surface area contributed by atoms with Crippen molar-refractivity contribution in [2.24, 2.45) is 0 Å². The lowest BCUT2D eigenvalue weighted by molar-refractivity contribution is 0.101. The van der Waals surface area contributed by atoms with Gasteiger partial charge in [-0.3, -0.25) is 9.59 Å². The molecule has 4 aromatic rings. The highest BCUT2D eigenvalue weighted by Gasteiger charge is 2.13. The fourth-order valence-electron chi connectivity index (χ4n) is 3.08. The van der Waals surface area contributed by atoms with Gasteiger partial charge in [-0.05, 0) is 61.5 Å². The molecule has 0 fully saturated rings. The zero-order valence-corrected chi connectivity index (χ0v) is 17.4. The first kappa shape index (κ1) is 20.4. The van der Waals surface area contributed by atoms with Crippen LogP contribution in [0.3, 0.4) is 0 Å². The first-order chi connectivity index (χ1) is 15.0. The fraction of sp³-hybridized carbons (Fsp3) is 0.0417. The van der Waals surface area contributed by atoms with E-state index < -0.39 is 0 Å². The lowest BCUT2D eigenvalue weighted by Crippen LogP contribution is -2.15. The number of aromatic nitrogens is 2. The van der Waals surface area contributed by atoms with Gasteiger partial charge in [0.1, 0.15) is 5.82 Å². The molecule has 0 unspecified atom stereocenters. The van der Waals surface area contributed by atoms with Gasteiger partial charge in [0.25, 0.3) is 11.8 Å². The number of amides is 2. The number of aryl methyl sites for hydroxylation is 1. The third-order valence-corrected chi connectivity index (χ3v) is 4.80. The third-order valence-electron chi connectivity index (χ3n) is 4.57. The largest absolute Gasteiger partial charge is 0.322 e. The first-order valence-electron chi connectivity index (χ1n) is 9.60. The highest BCUT2D eigenvalue weighted by atomic mass is 35.5. The van der Waals surface area contributed by atoms with Crippen LogP contribution in [0.4, 0.5) is 11.5 Å². The summed E-state index contributed by atoms with van der Waals surface area (Å²) in [4.78, 5) is 25.0. The number of hydrogen-bond acceptors (Lipinski definition) is 3. The van der Waals surface area contributed by atoms with Crippen LogP contribution in [0.1, 0.15) is 26.4 Å². The van der Waals surface area contributed by atoms with Crippen LogP contribution in [-0.4, -0.2) is 21.6 Å². The molecule has 0 radical (unpaired) electrons. The van der Waals surface area contributed by atoms with Gasteiger partial charge in [-0.15, -0.1) is 0 Å². The van der Waals surface area contributed by atoms with Gasteiger partial charge >= 0.3 is 0 Å². The molecule has 0 aliphatic rings. The van der Waals surface area contributed by atoms with Crippen LogP contribution in [0.5, 0.6) is 0 Å². The zero-order chi connectivity index (χ0) is 21.8. The monoisotopic (exact) mass is 430 g/mol. The average Bonchev–Trinajstić information content (AvgIpc) is 3.14. The summed E-state index contributed by atoms with van der Waals surface area (Å²) >= 11 is 6.09. The highest BCUT2D eigenvalue weighted by molar-refractivity contribution is 6.30. The van der Waals surface area contributed by atoms with Gasteiger partial charge in [-0.25, -0.2) is 4.68 Å². The first-order valence-corrected chi connectivity index (χ1v) is 9.98. The molecule has 2 amide bonds. The van der Waals surface area contributed by atoms with Crippen molar-refractivity contribution >= 4 is 34.9 Å². The molecule has 31 heavy (non-hydrogen) atoms. The Bertz CT molecular complexity index is 1230. The Morgan fingerprint density at radius 2 is 1.48 bits per heavy atom. The van der Waals surface area contributed by atoms with Crippen molar-refractivity contribution in [3.8, 4) is 5.69 Å². The van der Waals surface area contributed by atoms with Crippen molar-refractivity contribution < 1.29 is 9.59 Å². The molecule has 3 aromatic carbocycles. The summed E-state index contributed by atoms with van der Waals surface area (Å²) in [6.07, 6.45) is 0. The van der Waals surface area contributed by atoms with E-state index in [1.54, 1.807) is 71.4 Å². The molecular weight excluding hydrogens is 412 g/mol. The van der Waals surface area contributed by atoms with E-state index in [9.17, 15) is 9.59 Å². The number of carbonyl (C=O) groups excluding carboxylic acids is 2. The van der Waals surface area contributed by atoms with Crippen LogP contribution in [0.2, 0.25) is 5.02 Å². The van der Waals surface area contributed by atoms with Gasteiger partial charge in [0, 0.05) is 27.9 Å². The summed E-state index contributed by atoms with van der Waals surface area (Å²) in [7, 11) is 0. The van der Waals surface area contributed by atoms with E-state index in [0.717, 1.165) is 11.4 Å². The van der Waals surface area contributed by atoms with E-state index in [0.29, 0.717) is 27.7 Å². The summed E-state index contributed by atoms with van der Waals surface area (Å²) in [5.41, 5.74) is 3.12. The number of nitrogens with one attached hydrogen (secondary N) is 2. The second-order valence-corrected chi connectivity index (χ2v) is 7.35. The standard InChI is InChI=1S/C24H19ClN4O2/c1-16-14-22(29(28-16)21-9-5-8-19(25)15-21)27-24(31)18-10-12-20(13-11-18)26-23(30)17-6-3-2-4-7-17/h2-15H,1H3,(H,26,30)(H,27,31). The molecular formula is C24H19ClN4O2. The Labute approximate surface area is 184 Å². The van der Waals surface area contributed by atoms with Gasteiger partial charge in [-0.2, -0.15) is 5.10 Å². The average molecular weight is 431 g/mol. The third kappa shape index (κ3) is 4.82. The second kappa shape index (κ2) is 8.85. The Morgan fingerprint density at radius 3 is 2.19 bits per heavy atom. The smallest absolute Gasteiger partial charge is 0.256 e. The lowest BCUT2D eigenvalue weighted by atomic mass is 10.1. The van der Waals surface area contributed by atoms with Crippen molar-refractivity contribution in [3.05, 3.63) is 107 Å². The van der Waals surface area contributed by atoms with E-state index in [-0.39, 0.29) is 11.8 Å². The van der Waals surface area contributed by atoms with E-state index >= 15 is 0 Å². The zero-order valence-electron chi connectivity index (χ0n) is 16.7. The van der Waals surface area contributed by atoms with Crippen LogP contribution in [-0.2, 0) is 0 Å². The maximum atomic E-state index is 12.8. The number of benzene rings is 3. The van der Waals surface area contributed by atoms with Gasteiger partial charge in [0.2, 0.25) is 0 Å². The van der Waals surface area contributed by atoms with Gasteiger partial charge in [-0.1, -0.05) is 35.9 Å². The molecule has 0 saturated carbocycles. The van der Waals surface area contributed by atoms with Crippen molar-refractivity contribution in [1.82, 2.24) is 9.78 Å². The molecule has 1 heterocycles. The molecule has 0 aliphatic heterocycles. The van der Waals surface area contributed by atoms with Crippen molar-refractivity contribution in [2.45, 2.75) is 6.92 Å². The van der Waals surface area contributed by atoms with Gasteiger partial charge in [0.05, 0.1) is 11.4 Å². The Morgan fingerprint density at radius 1 is 0.806 bits per heavy atom. The number of halogens is 1. The van der Waals surface area contributed by atoms with E-state index in [4.69, 9.17) is 11.6 Å². The maximum absolute atomic E-state index is 12.8. The van der Waals surface area contributed by atoms with Crippen LogP contribution >= 0.6 is 11.6 Å². The fourth-order valence-corrected chi connectivity index (χ4v) is 3.26. The van der Waals surface area contributed by atoms with Crippen LogP contribution in [0, 0.1) is 6.92 Å². The molecule has 0 aliphatic carbocycles. The van der Waals surface area contributed by atoms with Crippen LogP contribution in [0.25, 0.3) is 5.69 Å². The molecule has 0 saturated heterocycles. The van der Waals surface area contributed by atoms with E-state index in [1.165, 1.54) is 0 Å². The maximum Gasteiger partial charge on any atom is 0.256 e. The minimum Gasteiger partial charge on any atom is -0.322 e. The summed E-state index contributed by atoms with van der Waals surface area (Å²) in [6.45, 7) is 1.85. The SMILES string of the molecule is Cc1cc(NC(=O)c2ccc(NC(=O)c3ccccc3)cc2)n(-c2cccc(Cl)c2)n1. The Balaban J connectivity index is 1.48. The normalized spacial score (nSPS) is 10.5. The Hall–Kier alpha value is -3.90. The summed E-state index contributed by atoms with van der Waals surface area (Å²) in [5.74, 6) is 0.0361. The lowest BCUT2D eigenvalue weighted by Gasteiger charge is -2.10. The van der Waals surface area contributed by atoms with Crippen molar-refractivity contribution in [2.75, 3.05) is 10.6 Å². The Kier molecular flexibility index (Phi) is 5.82. The van der Waals surface area contributed by atoms with Crippen LogP contribution < -0.4 is 10.6 Å². The van der Waals surface area contributed by atoms with E-state index in [2.05, 4.69) is 15.7 Å². The summed E-state index contributed by atoms with van der Waals surface area (Å²) in [5, 5.41) is 10.7. The van der Waals surface area contributed by atoms with Gasteiger partial charge in [0.15, 0.2) is 0 Å². The molecule has 4 rings (SSSR count). The molecule has 1 aromatic heterocycles. The minimum atomic E-state index is -0.288. The second-order valence-electron chi connectivity index (χ2n) is 6.91. The van der Waals surface area contributed by atoms with E-state index in [1.807, 2.05) is 25.1 Å². The number of carbonyl (C=O) groups is 2. The molecule has 154 valence electrons. The predicted octanol–water partition coefficient (Wildman–Crippen LogP) is 5.34. The molecule has 7 heteroatoms. The van der Waals surface area contributed by atoms with Crippen LogP contribution in [0.15, 0.2) is 84.9 Å². The highest BCUT2D eigenvalue weighted by Crippen LogP contribution is 2.21.